The summed E-state index contributed by atoms with van der Waals surface area (Å²) in [5, 5.41) is 11.1. The summed E-state index contributed by atoms with van der Waals surface area (Å²) < 4.78 is 0. The molecular formula is C10H12ClNO2. The van der Waals surface area contributed by atoms with Crippen LogP contribution in [0.4, 0.5) is 0 Å². The number of hydrogen-bond donors (Lipinski definition) is 2. The lowest BCUT2D eigenvalue weighted by atomic mass is 10.2. The number of nitrogens with one attached hydrogen (secondary N) is 1. The summed E-state index contributed by atoms with van der Waals surface area (Å²) in [5.41, 5.74) is 0.0452. The highest BCUT2D eigenvalue weighted by atomic mass is 35.5. The van der Waals surface area contributed by atoms with Crippen molar-refractivity contribution in [3.8, 4) is 0 Å². The summed E-state index contributed by atoms with van der Waals surface area (Å²) in [7, 11) is 0. The fraction of sp³-hybridized carbons (Fsp3) is 0.300. The van der Waals surface area contributed by atoms with Gasteiger partial charge in [0.05, 0.1) is 0 Å². The number of carbonyl (C=O) groups is 1. The Labute approximate surface area is 87.7 Å². The maximum absolute atomic E-state index is 11.5. The summed E-state index contributed by atoms with van der Waals surface area (Å²) in [6.07, 6.45) is 0.347. The molecule has 0 heterocycles. The summed E-state index contributed by atoms with van der Waals surface area (Å²) in [4.78, 5) is 11.5. The van der Waals surface area contributed by atoms with Crippen molar-refractivity contribution in [3.63, 3.8) is 0 Å². The van der Waals surface area contributed by atoms with Gasteiger partial charge in [-0.05, 0) is 12.1 Å². The van der Waals surface area contributed by atoms with E-state index in [-0.39, 0.29) is 12.5 Å². The Hall–Kier alpha value is -1.06. The van der Waals surface area contributed by atoms with E-state index in [1.165, 1.54) is 0 Å². The fourth-order valence-corrected chi connectivity index (χ4v) is 1.20. The van der Waals surface area contributed by atoms with Crippen molar-refractivity contribution >= 4 is 17.5 Å². The molecule has 0 bridgehead atoms. The Morgan fingerprint density at radius 2 is 2.07 bits per heavy atom. The molecule has 0 saturated carbocycles. The van der Waals surface area contributed by atoms with E-state index < -0.39 is 5.50 Å². The van der Waals surface area contributed by atoms with Crippen LogP contribution in [0.15, 0.2) is 30.3 Å². The van der Waals surface area contributed by atoms with Gasteiger partial charge in [0.1, 0.15) is 5.50 Å². The van der Waals surface area contributed by atoms with E-state index in [1.54, 1.807) is 24.3 Å². The molecule has 0 fully saturated rings. The van der Waals surface area contributed by atoms with Crippen LogP contribution >= 0.6 is 11.6 Å². The molecular weight excluding hydrogens is 202 g/mol. The summed E-state index contributed by atoms with van der Waals surface area (Å²) >= 11 is 5.73. The molecule has 3 nitrogen and oxygen atoms in total. The molecule has 76 valence electrons. The predicted molar refractivity (Wildman–Crippen MR) is 55.3 cm³/mol. The molecule has 0 radical (unpaired) electrons. The van der Waals surface area contributed by atoms with Gasteiger partial charge >= 0.3 is 0 Å². The maximum atomic E-state index is 11.5. The molecule has 1 amide bonds. The highest BCUT2D eigenvalue weighted by Crippen LogP contribution is 2.02. The van der Waals surface area contributed by atoms with Gasteiger partial charge in [-0.2, -0.15) is 0 Å². The van der Waals surface area contributed by atoms with E-state index in [0.29, 0.717) is 12.0 Å². The van der Waals surface area contributed by atoms with Gasteiger partial charge in [-0.15, -0.1) is 0 Å². The van der Waals surface area contributed by atoms with Crippen LogP contribution < -0.4 is 5.32 Å². The van der Waals surface area contributed by atoms with E-state index in [4.69, 9.17) is 16.7 Å². The summed E-state index contributed by atoms with van der Waals surface area (Å²) in [6, 6.07) is 8.81. The Bertz CT molecular complexity index is 289. The minimum Gasteiger partial charge on any atom is -0.396 e. The van der Waals surface area contributed by atoms with Crippen LogP contribution in [-0.2, 0) is 0 Å². The third-order valence-corrected chi connectivity index (χ3v) is 2.03. The molecule has 0 aliphatic heterocycles. The predicted octanol–water partition coefficient (Wildman–Crippen LogP) is 1.36. The lowest BCUT2D eigenvalue weighted by molar-refractivity contribution is 0.0945. The molecule has 0 aliphatic rings. The third-order valence-electron chi connectivity index (χ3n) is 1.71. The van der Waals surface area contributed by atoms with Crippen molar-refractivity contribution in [1.29, 1.82) is 0 Å². The minimum atomic E-state index is -0.521. The minimum absolute atomic E-state index is 0.0385. The molecule has 1 rings (SSSR count). The monoisotopic (exact) mass is 213 g/mol. The van der Waals surface area contributed by atoms with Crippen LogP contribution in [0.5, 0.6) is 0 Å². The zero-order valence-electron chi connectivity index (χ0n) is 7.61. The van der Waals surface area contributed by atoms with E-state index in [0.717, 1.165) is 0 Å². The van der Waals surface area contributed by atoms with Crippen LogP contribution in [0.2, 0.25) is 0 Å². The number of aliphatic hydroxyl groups excluding tert-OH is 1. The first-order valence-corrected chi connectivity index (χ1v) is 4.78. The molecule has 0 spiro atoms. The lowest BCUT2D eigenvalue weighted by Crippen LogP contribution is -2.31. The van der Waals surface area contributed by atoms with Crippen LogP contribution in [0.3, 0.4) is 0 Å². The molecule has 2 N–H and O–H groups in total. The number of amides is 1. The highest BCUT2D eigenvalue weighted by Gasteiger charge is 2.09. The summed E-state index contributed by atoms with van der Waals surface area (Å²) in [6.45, 7) is -0.0385. The van der Waals surface area contributed by atoms with Gasteiger partial charge in [0.15, 0.2) is 0 Å². The number of aliphatic hydroxyl groups is 1. The second kappa shape index (κ2) is 5.62. The van der Waals surface area contributed by atoms with Crippen LogP contribution in [0.1, 0.15) is 16.8 Å². The number of benzene rings is 1. The summed E-state index contributed by atoms with van der Waals surface area (Å²) in [5.74, 6) is -0.223. The Balaban J connectivity index is 2.51. The Kier molecular flexibility index (Phi) is 4.43. The maximum Gasteiger partial charge on any atom is 0.252 e. The first kappa shape index (κ1) is 11.0. The van der Waals surface area contributed by atoms with Crippen molar-refractivity contribution in [3.05, 3.63) is 35.9 Å². The normalized spacial score (nSPS) is 12.1. The third kappa shape index (κ3) is 3.36. The van der Waals surface area contributed by atoms with Crippen molar-refractivity contribution in [1.82, 2.24) is 5.32 Å². The van der Waals surface area contributed by atoms with E-state index in [9.17, 15) is 4.79 Å². The van der Waals surface area contributed by atoms with Gasteiger partial charge < -0.3 is 10.4 Å². The number of hydrogen-bond acceptors (Lipinski definition) is 2. The van der Waals surface area contributed by atoms with E-state index in [1.807, 2.05) is 6.07 Å². The number of alkyl halides is 1. The van der Waals surface area contributed by atoms with Crippen molar-refractivity contribution in [2.75, 3.05) is 6.61 Å². The quantitative estimate of drug-likeness (QED) is 0.586. The first-order valence-electron chi connectivity index (χ1n) is 4.35. The van der Waals surface area contributed by atoms with E-state index >= 15 is 0 Å². The number of carbonyl (C=O) groups excluding carboxylic acids is 1. The Morgan fingerprint density at radius 3 is 2.64 bits per heavy atom. The van der Waals surface area contributed by atoms with Gasteiger partial charge in [0, 0.05) is 18.6 Å². The zero-order valence-corrected chi connectivity index (χ0v) is 8.37. The average Bonchev–Trinajstić information content (AvgIpc) is 2.19. The second-order valence-electron chi connectivity index (χ2n) is 2.82. The molecule has 1 atom stereocenters. The number of rotatable bonds is 4. The molecule has 1 aromatic carbocycles. The lowest BCUT2D eigenvalue weighted by Gasteiger charge is -2.09. The van der Waals surface area contributed by atoms with Gasteiger partial charge in [0.25, 0.3) is 5.91 Å². The molecule has 1 aromatic rings. The SMILES string of the molecule is O=C(NC(Cl)CCO)c1ccccc1. The molecule has 0 aliphatic carbocycles. The first-order chi connectivity index (χ1) is 6.74. The van der Waals surface area contributed by atoms with Crippen molar-refractivity contribution in [2.45, 2.75) is 11.9 Å². The topological polar surface area (TPSA) is 49.3 Å². The second-order valence-corrected chi connectivity index (χ2v) is 3.35. The highest BCUT2D eigenvalue weighted by molar-refractivity contribution is 6.21. The van der Waals surface area contributed by atoms with Crippen molar-refractivity contribution < 1.29 is 9.90 Å². The zero-order chi connectivity index (χ0) is 10.4. The van der Waals surface area contributed by atoms with Gasteiger partial charge in [-0.1, -0.05) is 29.8 Å². The fourth-order valence-electron chi connectivity index (χ4n) is 1.00. The molecule has 0 aromatic heterocycles. The van der Waals surface area contributed by atoms with Crippen LogP contribution in [0.25, 0.3) is 0 Å². The molecule has 1 unspecified atom stereocenters. The molecule has 14 heavy (non-hydrogen) atoms. The van der Waals surface area contributed by atoms with Crippen molar-refractivity contribution in [2.24, 2.45) is 0 Å². The standard InChI is InChI=1S/C10H12ClNO2/c11-9(6-7-13)12-10(14)8-4-2-1-3-5-8/h1-5,9,13H,6-7H2,(H,12,14). The average molecular weight is 214 g/mol. The Morgan fingerprint density at radius 1 is 1.43 bits per heavy atom. The van der Waals surface area contributed by atoms with Gasteiger partial charge in [-0.25, -0.2) is 0 Å². The van der Waals surface area contributed by atoms with Crippen LogP contribution in [-0.4, -0.2) is 23.1 Å². The largest absolute Gasteiger partial charge is 0.396 e. The van der Waals surface area contributed by atoms with Gasteiger partial charge in [-0.3, -0.25) is 4.79 Å². The molecule has 4 heteroatoms. The van der Waals surface area contributed by atoms with Gasteiger partial charge in [0.2, 0.25) is 0 Å². The molecule has 0 saturated heterocycles. The smallest absolute Gasteiger partial charge is 0.252 e. The number of halogens is 1. The van der Waals surface area contributed by atoms with E-state index in [2.05, 4.69) is 5.32 Å². The van der Waals surface area contributed by atoms with Crippen LogP contribution in [0, 0.1) is 0 Å².